The van der Waals surface area contributed by atoms with Crippen molar-refractivity contribution in [2.75, 3.05) is 37.7 Å². The fourth-order valence-corrected chi connectivity index (χ4v) is 14.8. The molecule has 2 N–H and O–H groups in total. The number of hydrogen-bond acceptors (Lipinski definition) is 5. The molecule has 5 fully saturated rings. The van der Waals surface area contributed by atoms with Crippen LogP contribution in [0.5, 0.6) is 0 Å². The second kappa shape index (κ2) is 12.5. The second-order valence-electron chi connectivity index (χ2n) is 18.5. The van der Waals surface area contributed by atoms with Gasteiger partial charge in [-0.25, -0.2) is 8.42 Å². The number of carboxylic acids is 1. The Kier molecular flexibility index (Phi) is 9.51. The number of aliphatic carboxylic acids is 1. The van der Waals surface area contributed by atoms with E-state index in [-0.39, 0.29) is 17.4 Å². The minimum Gasteiger partial charge on any atom is -0.481 e. The molecule has 6 aliphatic rings. The molecular formula is C40H66N2O4S. The van der Waals surface area contributed by atoms with Crippen molar-refractivity contribution in [3.63, 3.8) is 0 Å². The minimum atomic E-state index is -2.85. The SMILES string of the molecule is C=C(C)C1CCC2(NCCN3CCS(=O)(=O)CC3)CCC3(C)C(CCC4C5(C)CC=C(CCCCC(=O)O)C(C)(C)C5CCC43C)C12. The van der Waals surface area contributed by atoms with Crippen molar-refractivity contribution >= 4 is 15.8 Å². The molecule has 1 aliphatic heterocycles. The monoisotopic (exact) mass is 670 g/mol. The Bertz CT molecular complexity index is 1360. The summed E-state index contributed by atoms with van der Waals surface area (Å²) >= 11 is 0. The van der Waals surface area contributed by atoms with E-state index in [1.54, 1.807) is 5.57 Å². The average Bonchev–Trinajstić information content (AvgIpc) is 3.37. The number of hydrogen-bond donors (Lipinski definition) is 2. The Morgan fingerprint density at radius 2 is 1.68 bits per heavy atom. The molecule has 9 unspecified atom stereocenters. The summed E-state index contributed by atoms with van der Waals surface area (Å²) in [5.41, 5.74) is 4.22. The number of sulfone groups is 1. The fraction of sp³-hybridized carbons (Fsp3) is 0.875. The van der Waals surface area contributed by atoms with Crippen molar-refractivity contribution in [2.45, 2.75) is 131 Å². The summed E-state index contributed by atoms with van der Waals surface area (Å²) in [6.07, 6.45) is 17.2. The topological polar surface area (TPSA) is 86.7 Å². The van der Waals surface area contributed by atoms with Crippen LogP contribution >= 0.6 is 0 Å². The molecule has 6 rings (SSSR count). The predicted octanol–water partition coefficient (Wildman–Crippen LogP) is 7.90. The highest BCUT2D eigenvalue weighted by atomic mass is 32.2. The van der Waals surface area contributed by atoms with Crippen molar-refractivity contribution < 1.29 is 18.3 Å². The number of rotatable bonds is 10. The van der Waals surface area contributed by atoms with Crippen molar-refractivity contribution in [1.29, 1.82) is 0 Å². The smallest absolute Gasteiger partial charge is 0.303 e. The highest BCUT2D eigenvalue weighted by Crippen LogP contribution is 2.76. The first-order chi connectivity index (χ1) is 22.0. The molecule has 0 radical (unpaired) electrons. The van der Waals surface area contributed by atoms with E-state index in [1.165, 1.54) is 63.4 Å². The third-order valence-electron chi connectivity index (χ3n) is 16.2. The number of carbonyl (C=O) groups is 1. The van der Waals surface area contributed by atoms with Crippen LogP contribution in [0.1, 0.15) is 125 Å². The molecule has 0 aromatic carbocycles. The van der Waals surface area contributed by atoms with Crippen LogP contribution < -0.4 is 5.32 Å². The largest absolute Gasteiger partial charge is 0.481 e. The lowest BCUT2D eigenvalue weighted by Gasteiger charge is -2.72. The minimum absolute atomic E-state index is 0.163. The summed E-state index contributed by atoms with van der Waals surface area (Å²) in [7, 11) is -2.85. The maximum atomic E-state index is 12.0. The molecular weight excluding hydrogens is 605 g/mol. The van der Waals surface area contributed by atoms with Crippen LogP contribution in [0, 0.1) is 51.2 Å². The number of allylic oxidation sites excluding steroid dienone is 3. The van der Waals surface area contributed by atoms with Gasteiger partial charge in [0.2, 0.25) is 0 Å². The third kappa shape index (κ3) is 5.92. The normalized spacial score (nSPS) is 44.0. The zero-order valence-electron chi connectivity index (χ0n) is 30.6. The molecule has 0 spiro atoms. The zero-order chi connectivity index (χ0) is 34.0. The van der Waals surface area contributed by atoms with E-state index in [9.17, 15) is 13.2 Å². The number of nitrogens with zero attached hydrogens (tertiary/aromatic N) is 1. The summed E-state index contributed by atoms with van der Waals surface area (Å²) in [4.78, 5) is 13.5. The molecule has 0 bridgehead atoms. The van der Waals surface area contributed by atoms with Crippen molar-refractivity contribution in [3.05, 3.63) is 23.8 Å². The number of fused-ring (bicyclic) bond motifs is 7. The van der Waals surface area contributed by atoms with E-state index in [2.05, 4.69) is 64.4 Å². The van der Waals surface area contributed by atoms with Gasteiger partial charge in [-0.1, -0.05) is 58.4 Å². The fourth-order valence-electron chi connectivity index (χ4n) is 13.6. The second-order valence-corrected chi connectivity index (χ2v) is 20.8. The highest BCUT2D eigenvalue weighted by molar-refractivity contribution is 7.91. The quantitative estimate of drug-likeness (QED) is 0.182. The molecule has 0 aromatic heterocycles. The van der Waals surface area contributed by atoms with Crippen LogP contribution in [-0.4, -0.2) is 67.6 Å². The predicted molar refractivity (Wildman–Crippen MR) is 192 cm³/mol. The molecule has 9 atom stereocenters. The standard InChI is InChI=1S/C40H66N2O4S/c1-28(2)30-15-19-40(41-22-23-42-24-26-47(45,46)27-25-42)21-20-38(6)31(35(30)40)12-13-33-37(5)17-14-29(10-8-9-11-34(43)44)36(3,4)32(37)16-18-39(33,38)7/h14,30-33,35,41H,1,8-13,15-27H2,2-7H3,(H,43,44). The van der Waals surface area contributed by atoms with Gasteiger partial charge in [0.05, 0.1) is 11.5 Å². The maximum Gasteiger partial charge on any atom is 0.303 e. The van der Waals surface area contributed by atoms with Crippen molar-refractivity contribution in [3.8, 4) is 0 Å². The van der Waals surface area contributed by atoms with E-state index in [4.69, 9.17) is 5.11 Å². The average molecular weight is 671 g/mol. The summed E-state index contributed by atoms with van der Waals surface area (Å²) in [5, 5.41) is 13.4. The van der Waals surface area contributed by atoms with E-state index < -0.39 is 15.8 Å². The number of nitrogens with one attached hydrogen (secondary N) is 1. The zero-order valence-corrected chi connectivity index (χ0v) is 31.5. The summed E-state index contributed by atoms with van der Waals surface area (Å²) in [6.45, 7) is 23.2. The molecule has 47 heavy (non-hydrogen) atoms. The lowest BCUT2D eigenvalue weighted by Crippen LogP contribution is -2.68. The Labute approximate surface area is 286 Å². The lowest BCUT2D eigenvalue weighted by atomic mass is 9.33. The maximum absolute atomic E-state index is 12.0. The Morgan fingerprint density at radius 1 is 0.957 bits per heavy atom. The van der Waals surface area contributed by atoms with Gasteiger partial charge >= 0.3 is 5.97 Å². The molecule has 7 heteroatoms. The van der Waals surface area contributed by atoms with Crippen LogP contribution in [0.3, 0.4) is 0 Å². The number of unbranched alkanes of at least 4 members (excludes halogenated alkanes) is 1. The summed E-state index contributed by atoms with van der Waals surface area (Å²) in [6, 6.07) is 0. The molecule has 4 saturated carbocycles. The van der Waals surface area contributed by atoms with E-state index in [0.717, 1.165) is 38.3 Å². The van der Waals surface area contributed by atoms with Gasteiger partial charge in [0.25, 0.3) is 0 Å². The molecule has 1 heterocycles. The van der Waals surface area contributed by atoms with Crippen LogP contribution in [-0.2, 0) is 14.6 Å². The lowest BCUT2D eigenvalue weighted by molar-refractivity contribution is -0.221. The molecule has 266 valence electrons. The Hall–Kier alpha value is -1.18. The first-order valence-corrected chi connectivity index (χ1v) is 21.1. The van der Waals surface area contributed by atoms with Gasteiger partial charge in [-0.15, -0.1) is 0 Å². The van der Waals surface area contributed by atoms with Crippen LogP contribution in [0.25, 0.3) is 0 Å². The molecule has 6 nitrogen and oxygen atoms in total. The molecule has 0 amide bonds. The summed E-state index contributed by atoms with van der Waals surface area (Å²) in [5.74, 6) is 3.25. The molecule has 1 saturated heterocycles. The molecule has 5 aliphatic carbocycles. The van der Waals surface area contributed by atoms with Crippen molar-refractivity contribution in [1.82, 2.24) is 10.2 Å². The van der Waals surface area contributed by atoms with Crippen LogP contribution in [0.2, 0.25) is 0 Å². The Balaban J connectivity index is 1.22. The third-order valence-corrected chi connectivity index (χ3v) is 17.9. The summed E-state index contributed by atoms with van der Waals surface area (Å²) < 4.78 is 24.0. The van der Waals surface area contributed by atoms with Gasteiger partial charge < -0.3 is 15.3 Å². The van der Waals surface area contributed by atoms with Gasteiger partial charge in [-0.3, -0.25) is 4.79 Å². The first kappa shape index (κ1) is 35.6. The number of carboxylic acid groups (broad SMARTS) is 1. The van der Waals surface area contributed by atoms with Gasteiger partial charge in [0.15, 0.2) is 9.84 Å². The first-order valence-electron chi connectivity index (χ1n) is 19.2. The van der Waals surface area contributed by atoms with E-state index in [0.29, 0.717) is 64.5 Å². The Morgan fingerprint density at radius 3 is 2.36 bits per heavy atom. The van der Waals surface area contributed by atoms with Crippen LogP contribution in [0.4, 0.5) is 0 Å². The van der Waals surface area contributed by atoms with Crippen LogP contribution in [0.15, 0.2) is 23.8 Å². The van der Waals surface area contributed by atoms with Gasteiger partial charge in [0, 0.05) is 38.1 Å². The van der Waals surface area contributed by atoms with Gasteiger partial charge in [0.1, 0.15) is 0 Å². The molecule has 0 aromatic rings. The van der Waals surface area contributed by atoms with E-state index >= 15 is 0 Å². The highest BCUT2D eigenvalue weighted by Gasteiger charge is 2.70. The van der Waals surface area contributed by atoms with Gasteiger partial charge in [-0.05, 0) is 135 Å². The van der Waals surface area contributed by atoms with Crippen molar-refractivity contribution in [2.24, 2.45) is 51.2 Å². The van der Waals surface area contributed by atoms with E-state index in [1.807, 2.05) is 0 Å². The van der Waals surface area contributed by atoms with Gasteiger partial charge in [-0.2, -0.15) is 0 Å².